The van der Waals surface area contributed by atoms with Crippen molar-refractivity contribution in [2.75, 3.05) is 13.1 Å². The van der Waals surface area contributed by atoms with Gasteiger partial charge in [-0.25, -0.2) is 0 Å². The zero-order valence-corrected chi connectivity index (χ0v) is 11.0. The van der Waals surface area contributed by atoms with Gasteiger partial charge in [-0.05, 0) is 31.6 Å². The summed E-state index contributed by atoms with van der Waals surface area (Å²) < 4.78 is 0. The van der Waals surface area contributed by atoms with Crippen LogP contribution in [0.2, 0.25) is 0 Å². The molecular formula is C13H25N3O. The fraction of sp³-hybridized carbons (Fsp3) is 0.923. The van der Waals surface area contributed by atoms with E-state index in [0.29, 0.717) is 12.0 Å². The van der Waals surface area contributed by atoms with Crippen molar-refractivity contribution < 1.29 is 4.79 Å². The summed E-state index contributed by atoms with van der Waals surface area (Å²) in [4.78, 5) is 14.4. The molecule has 1 amide bonds. The monoisotopic (exact) mass is 239 g/mol. The molecule has 0 aromatic heterocycles. The van der Waals surface area contributed by atoms with Crippen molar-refractivity contribution in [2.45, 2.75) is 57.7 Å². The first-order valence-corrected chi connectivity index (χ1v) is 6.86. The minimum absolute atomic E-state index is 0.0290. The fourth-order valence-electron chi connectivity index (χ4n) is 2.60. The smallest absolute Gasteiger partial charge is 0.237 e. The first-order chi connectivity index (χ1) is 8.06. The Morgan fingerprint density at radius 3 is 2.71 bits per heavy atom. The molecular weight excluding hydrogens is 214 g/mol. The molecule has 4 heteroatoms. The molecule has 0 spiro atoms. The fourth-order valence-corrected chi connectivity index (χ4v) is 2.60. The number of carbonyl (C=O) groups excluding carboxylic acids is 1. The molecule has 3 N–H and O–H groups in total. The number of rotatable bonds is 5. The molecule has 0 bridgehead atoms. The molecule has 98 valence electrons. The van der Waals surface area contributed by atoms with E-state index in [0.717, 1.165) is 32.0 Å². The van der Waals surface area contributed by atoms with Crippen LogP contribution < -0.4 is 11.1 Å². The second kappa shape index (κ2) is 5.36. The van der Waals surface area contributed by atoms with Gasteiger partial charge in [0.05, 0.1) is 6.04 Å². The van der Waals surface area contributed by atoms with Crippen molar-refractivity contribution >= 4 is 5.91 Å². The number of nitrogens with one attached hydrogen (secondary N) is 1. The minimum Gasteiger partial charge on any atom is -0.351 e. The minimum atomic E-state index is -0.343. The molecule has 2 rings (SSSR count). The van der Waals surface area contributed by atoms with E-state index in [4.69, 9.17) is 5.73 Å². The maximum absolute atomic E-state index is 11.9. The van der Waals surface area contributed by atoms with E-state index >= 15 is 0 Å². The van der Waals surface area contributed by atoms with Gasteiger partial charge in [0.25, 0.3) is 0 Å². The third-order valence-electron chi connectivity index (χ3n) is 3.69. The van der Waals surface area contributed by atoms with Crippen LogP contribution in [0.25, 0.3) is 0 Å². The van der Waals surface area contributed by atoms with Gasteiger partial charge in [0.1, 0.15) is 0 Å². The van der Waals surface area contributed by atoms with E-state index in [9.17, 15) is 4.79 Å². The van der Waals surface area contributed by atoms with Gasteiger partial charge < -0.3 is 11.1 Å². The third-order valence-corrected chi connectivity index (χ3v) is 3.69. The van der Waals surface area contributed by atoms with Crippen LogP contribution in [-0.4, -0.2) is 42.0 Å². The van der Waals surface area contributed by atoms with E-state index in [2.05, 4.69) is 24.1 Å². The van der Waals surface area contributed by atoms with Crippen LogP contribution in [0.1, 0.15) is 39.5 Å². The highest BCUT2D eigenvalue weighted by Crippen LogP contribution is 2.29. The Hall–Kier alpha value is -0.610. The van der Waals surface area contributed by atoms with Crippen molar-refractivity contribution in [3.8, 4) is 0 Å². The summed E-state index contributed by atoms with van der Waals surface area (Å²) in [6.07, 6.45) is 4.53. The molecule has 4 nitrogen and oxygen atoms in total. The molecule has 2 fully saturated rings. The molecule has 1 aliphatic carbocycles. The average molecular weight is 239 g/mol. The molecule has 1 saturated heterocycles. The summed E-state index contributed by atoms with van der Waals surface area (Å²) in [5.74, 6) is 0.503. The molecule has 0 radical (unpaired) electrons. The van der Waals surface area contributed by atoms with Crippen LogP contribution in [0.5, 0.6) is 0 Å². The van der Waals surface area contributed by atoms with Gasteiger partial charge >= 0.3 is 0 Å². The summed E-state index contributed by atoms with van der Waals surface area (Å²) >= 11 is 0. The Morgan fingerprint density at radius 2 is 2.12 bits per heavy atom. The molecule has 1 aliphatic heterocycles. The Labute approximate surface area is 104 Å². The Morgan fingerprint density at radius 1 is 1.41 bits per heavy atom. The number of amides is 1. The van der Waals surface area contributed by atoms with Gasteiger partial charge in [0.15, 0.2) is 0 Å². The van der Waals surface area contributed by atoms with Crippen LogP contribution >= 0.6 is 0 Å². The lowest BCUT2D eigenvalue weighted by molar-refractivity contribution is -0.123. The predicted octanol–water partition coefficient (Wildman–Crippen LogP) is 0.713. The topological polar surface area (TPSA) is 58.4 Å². The SMILES string of the molecule is CC(C)CC(N)C(=O)NC1CCN(C2CC2)C1. The number of nitrogens with two attached hydrogens (primary N) is 1. The summed E-state index contributed by atoms with van der Waals surface area (Å²) in [7, 11) is 0. The van der Waals surface area contributed by atoms with Crippen LogP contribution in [0.3, 0.4) is 0 Å². The Bertz CT molecular complexity index is 276. The van der Waals surface area contributed by atoms with Gasteiger partial charge in [0.2, 0.25) is 5.91 Å². The van der Waals surface area contributed by atoms with Crippen LogP contribution in [0, 0.1) is 5.92 Å². The second-order valence-electron chi connectivity index (χ2n) is 5.96. The molecule has 1 heterocycles. The predicted molar refractivity (Wildman–Crippen MR) is 68.6 cm³/mol. The highest BCUT2D eigenvalue weighted by atomic mass is 16.2. The van der Waals surface area contributed by atoms with Gasteiger partial charge in [-0.3, -0.25) is 9.69 Å². The number of hydrogen-bond donors (Lipinski definition) is 2. The zero-order valence-electron chi connectivity index (χ0n) is 11.0. The van der Waals surface area contributed by atoms with E-state index in [1.807, 2.05) is 0 Å². The van der Waals surface area contributed by atoms with Crippen LogP contribution in [0.15, 0.2) is 0 Å². The van der Waals surface area contributed by atoms with Crippen molar-refractivity contribution in [1.82, 2.24) is 10.2 Å². The Balaban J connectivity index is 1.71. The van der Waals surface area contributed by atoms with Crippen molar-refractivity contribution in [2.24, 2.45) is 11.7 Å². The standard InChI is InChI=1S/C13H25N3O/c1-9(2)7-12(14)13(17)15-10-5-6-16(8-10)11-3-4-11/h9-12H,3-8,14H2,1-2H3,(H,15,17). The van der Waals surface area contributed by atoms with Crippen LogP contribution in [0.4, 0.5) is 0 Å². The summed E-state index contributed by atoms with van der Waals surface area (Å²) in [6.45, 7) is 6.34. The summed E-state index contributed by atoms with van der Waals surface area (Å²) in [6, 6.07) is 0.785. The average Bonchev–Trinajstić information content (AvgIpc) is 2.99. The lowest BCUT2D eigenvalue weighted by atomic mass is 10.0. The highest BCUT2D eigenvalue weighted by Gasteiger charge is 2.35. The van der Waals surface area contributed by atoms with Gasteiger partial charge in [-0.15, -0.1) is 0 Å². The lowest BCUT2D eigenvalue weighted by Crippen LogP contribution is -2.46. The molecule has 1 saturated carbocycles. The molecule has 17 heavy (non-hydrogen) atoms. The van der Waals surface area contributed by atoms with E-state index in [-0.39, 0.29) is 11.9 Å². The normalized spacial score (nSPS) is 27.4. The molecule has 2 unspecified atom stereocenters. The third kappa shape index (κ3) is 3.68. The first-order valence-electron chi connectivity index (χ1n) is 6.86. The van der Waals surface area contributed by atoms with Crippen molar-refractivity contribution in [3.63, 3.8) is 0 Å². The quantitative estimate of drug-likeness (QED) is 0.743. The first kappa shape index (κ1) is 12.8. The number of likely N-dealkylation sites (tertiary alicyclic amines) is 1. The van der Waals surface area contributed by atoms with E-state index < -0.39 is 0 Å². The largest absolute Gasteiger partial charge is 0.351 e. The van der Waals surface area contributed by atoms with E-state index in [1.165, 1.54) is 12.8 Å². The molecule has 2 aliphatic rings. The molecule has 0 aromatic rings. The second-order valence-corrected chi connectivity index (χ2v) is 5.96. The molecule has 0 aromatic carbocycles. The van der Waals surface area contributed by atoms with Crippen LogP contribution in [-0.2, 0) is 4.79 Å². The summed E-state index contributed by atoms with van der Waals surface area (Å²) in [5.41, 5.74) is 5.88. The van der Waals surface area contributed by atoms with Crippen molar-refractivity contribution in [1.29, 1.82) is 0 Å². The highest BCUT2D eigenvalue weighted by molar-refractivity contribution is 5.81. The Kier molecular flexibility index (Phi) is 4.05. The number of carbonyl (C=O) groups is 1. The summed E-state index contributed by atoms with van der Waals surface area (Å²) in [5, 5.41) is 3.09. The van der Waals surface area contributed by atoms with Gasteiger partial charge in [-0.2, -0.15) is 0 Å². The van der Waals surface area contributed by atoms with Crippen molar-refractivity contribution in [3.05, 3.63) is 0 Å². The van der Waals surface area contributed by atoms with Gasteiger partial charge in [0, 0.05) is 25.2 Å². The van der Waals surface area contributed by atoms with Gasteiger partial charge in [-0.1, -0.05) is 13.8 Å². The maximum atomic E-state index is 11.9. The lowest BCUT2D eigenvalue weighted by Gasteiger charge is -2.19. The maximum Gasteiger partial charge on any atom is 0.237 e. The van der Waals surface area contributed by atoms with E-state index in [1.54, 1.807) is 0 Å². The zero-order chi connectivity index (χ0) is 12.4. The number of nitrogens with zero attached hydrogens (tertiary/aromatic N) is 1. The molecule has 2 atom stereocenters. The number of hydrogen-bond acceptors (Lipinski definition) is 3.